The molecule has 0 aromatic heterocycles. The van der Waals surface area contributed by atoms with E-state index in [1.165, 1.54) is 0 Å². The van der Waals surface area contributed by atoms with Crippen molar-refractivity contribution in [2.75, 3.05) is 45.9 Å². The molecule has 12 heteroatoms. The van der Waals surface area contributed by atoms with E-state index in [4.69, 9.17) is 18.9 Å². The maximum Gasteiger partial charge on any atom is 0.410 e. The minimum absolute atomic E-state index is 0.148. The third kappa shape index (κ3) is 11.4. The lowest BCUT2D eigenvalue weighted by atomic mass is 9.85. The summed E-state index contributed by atoms with van der Waals surface area (Å²) in [5.74, 6) is -0.103. The second-order valence-corrected chi connectivity index (χ2v) is 16.5. The summed E-state index contributed by atoms with van der Waals surface area (Å²) in [4.78, 5) is 59.5. The first-order valence-corrected chi connectivity index (χ1v) is 19.0. The third-order valence-corrected chi connectivity index (χ3v) is 10.1. The lowest BCUT2D eigenvalue weighted by Gasteiger charge is -2.38. The Kier molecular flexibility index (Phi) is 13.4. The largest absolute Gasteiger partial charge is 0.445 e. The zero-order valence-corrected chi connectivity index (χ0v) is 32.3. The molecule has 0 spiro atoms. The summed E-state index contributed by atoms with van der Waals surface area (Å²) in [6, 6.07) is 17.8. The van der Waals surface area contributed by atoms with Gasteiger partial charge in [0.2, 0.25) is 11.8 Å². The Labute approximate surface area is 314 Å². The first-order chi connectivity index (χ1) is 25.2. The molecule has 4 atom stereocenters. The van der Waals surface area contributed by atoms with Gasteiger partial charge in [-0.2, -0.15) is 0 Å². The van der Waals surface area contributed by atoms with Crippen molar-refractivity contribution in [1.82, 2.24) is 20.0 Å². The molecule has 3 saturated heterocycles. The third-order valence-electron chi connectivity index (χ3n) is 10.1. The van der Waals surface area contributed by atoms with E-state index in [1.54, 1.807) is 35.5 Å². The van der Waals surface area contributed by atoms with Gasteiger partial charge in [0.25, 0.3) is 0 Å². The maximum atomic E-state index is 14.4. The maximum absolute atomic E-state index is 14.4. The Hall–Kier alpha value is -4.16. The summed E-state index contributed by atoms with van der Waals surface area (Å²) in [5.41, 5.74) is 0.545. The Morgan fingerprint density at radius 2 is 1.53 bits per heavy atom. The van der Waals surface area contributed by atoms with Gasteiger partial charge in [-0.15, -0.1) is 0 Å². The number of piperidine rings is 1. The monoisotopic (exact) mass is 734 g/mol. The van der Waals surface area contributed by atoms with E-state index in [2.05, 4.69) is 5.32 Å². The van der Waals surface area contributed by atoms with E-state index in [1.807, 2.05) is 81.4 Å². The van der Waals surface area contributed by atoms with Crippen molar-refractivity contribution < 1.29 is 38.1 Å². The summed E-state index contributed by atoms with van der Waals surface area (Å²) in [7, 11) is 0. The lowest BCUT2D eigenvalue weighted by Crippen LogP contribution is -2.59. The number of hydrogen-bond donors (Lipinski definition) is 1. The molecule has 0 bridgehead atoms. The molecule has 53 heavy (non-hydrogen) atoms. The number of alkyl carbamates (subject to hydrolysis) is 1. The minimum atomic E-state index is -0.933. The van der Waals surface area contributed by atoms with Crippen LogP contribution in [0.5, 0.6) is 0 Å². The van der Waals surface area contributed by atoms with Crippen LogP contribution >= 0.6 is 0 Å². The molecule has 5 rings (SSSR count). The number of nitrogens with zero attached hydrogens (tertiary/aromatic N) is 3. The predicted octanol–water partition coefficient (Wildman–Crippen LogP) is 5.95. The molecule has 4 amide bonds. The lowest BCUT2D eigenvalue weighted by molar-refractivity contribution is -0.150. The van der Waals surface area contributed by atoms with Crippen molar-refractivity contribution >= 4 is 24.0 Å². The summed E-state index contributed by atoms with van der Waals surface area (Å²) in [6.07, 6.45) is 1.27. The van der Waals surface area contributed by atoms with Gasteiger partial charge in [-0.25, -0.2) is 9.59 Å². The summed E-state index contributed by atoms with van der Waals surface area (Å²) in [6.45, 7) is 14.4. The Balaban J connectivity index is 1.20. The average molecular weight is 735 g/mol. The number of hydrogen-bond acceptors (Lipinski definition) is 8. The SMILES string of the molecule is CC(C)(C)OC(=O)N[C@H](C(=O)N1C[C@@H](OCCC2CCN(C(=O)OCc3ccccc3)CC2)C[C@H]1C(=O)N1CCO[C@H](c2ccccc2)C1)C(C)(C)C. The molecular weight excluding hydrogens is 676 g/mol. The fourth-order valence-corrected chi connectivity index (χ4v) is 7.18. The first kappa shape index (κ1) is 40.0. The van der Waals surface area contributed by atoms with Gasteiger partial charge < -0.3 is 39.0 Å². The van der Waals surface area contributed by atoms with Gasteiger partial charge in [0.1, 0.15) is 30.4 Å². The van der Waals surface area contributed by atoms with Gasteiger partial charge in [-0.1, -0.05) is 81.4 Å². The quantitative estimate of drug-likeness (QED) is 0.318. The zero-order chi connectivity index (χ0) is 38.2. The van der Waals surface area contributed by atoms with E-state index < -0.39 is 29.2 Å². The number of carbonyl (C=O) groups is 4. The van der Waals surface area contributed by atoms with Crippen LogP contribution in [0.3, 0.4) is 0 Å². The molecule has 1 N–H and O–H groups in total. The molecule has 12 nitrogen and oxygen atoms in total. The van der Waals surface area contributed by atoms with Crippen molar-refractivity contribution in [2.45, 2.75) is 104 Å². The van der Waals surface area contributed by atoms with E-state index >= 15 is 0 Å². The van der Waals surface area contributed by atoms with Gasteiger partial charge in [0.15, 0.2) is 0 Å². The van der Waals surface area contributed by atoms with E-state index in [-0.39, 0.29) is 43.3 Å². The highest BCUT2D eigenvalue weighted by atomic mass is 16.6. The molecule has 0 radical (unpaired) electrons. The second-order valence-electron chi connectivity index (χ2n) is 16.5. The molecule has 0 aliphatic carbocycles. The average Bonchev–Trinajstić information content (AvgIpc) is 3.56. The molecule has 3 aliphatic rings. The number of ether oxygens (including phenoxy) is 4. The van der Waals surface area contributed by atoms with Crippen molar-refractivity contribution in [1.29, 1.82) is 0 Å². The summed E-state index contributed by atoms with van der Waals surface area (Å²) in [5, 5.41) is 2.81. The van der Waals surface area contributed by atoms with Gasteiger partial charge in [-0.3, -0.25) is 9.59 Å². The number of morpholine rings is 1. The molecule has 2 aromatic rings. The number of amides is 4. The van der Waals surface area contributed by atoms with Gasteiger partial charge in [0, 0.05) is 39.2 Å². The predicted molar refractivity (Wildman–Crippen MR) is 200 cm³/mol. The van der Waals surface area contributed by atoms with Crippen LogP contribution in [0.25, 0.3) is 0 Å². The zero-order valence-electron chi connectivity index (χ0n) is 32.3. The highest BCUT2D eigenvalue weighted by Crippen LogP contribution is 2.31. The molecule has 3 fully saturated rings. The number of nitrogens with one attached hydrogen (secondary N) is 1. The number of benzene rings is 2. The summed E-state index contributed by atoms with van der Waals surface area (Å²) >= 11 is 0. The fourth-order valence-electron chi connectivity index (χ4n) is 7.18. The minimum Gasteiger partial charge on any atom is -0.445 e. The van der Waals surface area contributed by atoms with Crippen LogP contribution in [0.15, 0.2) is 60.7 Å². The molecule has 3 aliphatic heterocycles. The van der Waals surface area contributed by atoms with Crippen molar-refractivity contribution in [2.24, 2.45) is 11.3 Å². The van der Waals surface area contributed by atoms with Crippen LogP contribution in [-0.2, 0) is 35.1 Å². The van der Waals surface area contributed by atoms with Crippen molar-refractivity contribution in [3.8, 4) is 0 Å². The molecule has 0 saturated carbocycles. The van der Waals surface area contributed by atoms with Crippen LogP contribution in [0.4, 0.5) is 9.59 Å². The standard InChI is InChI=1S/C41H58N4O8/c1-40(2,3)35(42-38(48)53-41(4,5)6)37(47)45-26-32(25-33(45)36(46)44-22-24-51-34(27-44)31-15-11-8-12-16-31)50-23-19-29-17-20-43(21-18-29)39(49)52-28-30-13-9-7-10-14-30/h7-16,29,32-35H,17-28H2,1-6H3,(H,42,48)/t32-,33-,34-,35+/m0/s1. The van der Waals surface area contributed by atoms with Crippen molar-refractivity contribution in [3.05, 3.63) is 71.8 Å². The molecule has 3 heterocycles. The normalized spacial score (nSPS) is 21.9. The highest BCUT2D eigenvalue weighted by molar-refractivity contribution is 5.92. The van der Waals surface area contributed by atoms with E-state index in [0.29, 0.717) is 51.7 Å². The molecule has 290 valence electrons. The van der Waals surface area contributed by atoms with Crippen molar-refractivity contribution in [3.63, 3.8) is 0 Å². The molecule has 0 unspecified atom stereocenters. The fraction of sp³-hybridized carbons (Fsp3) is 0.610. The van der Waals surface area contributed by atoms with E-state index in [9.17, 15) is 19.2 Å². The van der Waals surface area contributed by atoms with Gasteiger partial charge >= 0.3 is 12.2 Å². The van der Waals surface area contributed by atoms with Crippen LogP contribution in [0.2, 0.25) is 0 Å². The second kappa shape index (κ2) is 17.8. The molecular formula is C41H58N4O8. The van der Waals surface area contributed by atoms with E-state index in [0.717, 1.165) is 30.4 Å². The Bertz CT molecular complexity index is 1520. The van der Waals surface area contributed by atoms with Gasteiger partial charge in [0.05, 0.1) is 19.3 Å². The highest BCUT2D eigenvalue weighted by Gasteiger charge is 2.47. The van der Waals surface area contributed by atoms with Crippen LogP contribution < -0.4 is 5.32 Å². The number of carbonyl (C=O) groups excluding carboxylic acids is 4. The summed E-state index contributed by atoms with van der Waals surface area (Å²) < 4.78 is 23.5. The van der Waals surface area contributed by atoms with Crippen LogP contribution in [-0.4, -0.2) is 108 Å². The molecule has 2 aromatic carbocycles. The van der Waals surface area contributed by atoms with Gasteiger partial charge in [-0.05, 0) is 62.5 Å². The Morgan fingerprint density at radius 1 is 0.868 bits per heavy atom. The Morgan fingerprint density at radius 3 is 2.17 bits per heavy atom. The topological polar surface area (TPSA) is 127 Å². The number of rotatable bonds is 10. The van der Waals surface area contributed by atoms with Crippen LogP contribution in [0, 0.1) is 11.3 Å². The number of likely N-dealkylation sites (tertiary alicyclic amines) is 2. The van der Waals surface area contributed by atoms with Crippen LogP contribution in [0.1, 0.15) is 84.5 Å². The smallest absolute Gasteiger partial charge is 0.410 e. The first-order valence-electron chi connectivity index (χ1n) is 19.0.